The Bertz CT molecular complexity index is 858. The third-order valence-electron chi connectivity index (χ3n) is 3.96. The first-order valence-electron chi connectivity index (χ1n) is 6.78. The van der Waals surface area contributed by atoms with Gasteiger partial charge in [0.2, 0.25) is 0 Å². The Morgan fingerprint density at radius 3 is 2.14 bits per heavy atom. The molecule has 0 atom stereocenters. The highest BCUT2D eigenvalue weighted by molar-refractivity contribution is 6.30. The molecule has 1 heterocycles. The lowest BCUT2D eigenvalue weighted by Gasteiger charge is -2.10. The summed E-state index contributed by atoms with van der Waals surface area (Å²) in [7, 11) is 0. The third kappa shape index (κ3) is 1.64. The topological polar surface area (TPSA) is 47.0 Å². The zero-order valence-corrected chi connectivity index (χ0v) is 11.1. The molecule has 0 aliphatic heterocycles. The minimum Gasteiger partial charge on any atom is -0.293 e. The number of pyridine rings is 1. The van der Waals surface area contributed by atoms with E-state index in [9.17, 15) is 9.59 Å². The van der Waals surface area contributed by atoms with Gasteiger partial charge in [-0.25, -0.2) is 0 Å². The molecule has 0 saturated heterocycles. The van der Waals surface area contributed by atoms with Crippen LogP contribution in [-0.4, -0.2) is 16.6 Å². The lowest BCUT2D eigenvalue weighted by molar-refractivity contribution is 0.0890. The fraction of sp³-hybridized carbons (Fsp3) is 0.0556. The summed E-state index contributed by atoms with van der Waals surface area (Å²) >= 11 is 0. The van der Waals surface area contributed by atoms with E-state index in [2.05, 4.69) is 4.98 Å². The summed E-state index contributed by atoms with van der Waals surface area (Å²) in [5.41, 5.74) is 2.44. The number of aromatic nitrogens is 1. The molecule has 0 amide bonds. The number of ketones is 2. The Morgan fingerprint density at radius 2 is 1.43 bits per heavy atom. The summed E-state index contributed by atoms with van der Waals surface area (Å²) in [6.45, 7) is 0. The smallest absolute Gasteiger partial charge is 0.178 e. The molecule has 21 heavy (non-hydrogen) atoms. The van der Waals surface area contributed by atoms with Crippen molar-refractivity contribution < 1.29 is 9.59 Å². The lowest BCUT2D eigenvalue weighted by Crippen LogP contribution is -2.13. The van der Waals surface area contributed by atoms with E-state index in [1.54, 1.807) is 30.5 Å². The van der Waals surface area contributed by atoms with Crippen molar-refractivity contribution in [2.24, 2.45) is 0 Å². The normalized spacial score (nSPS) is 14.7. The van der Waals surface area contributed by atoms with Gasteiger partial charge >= 0.3 is 0 Å². The van der Waals surface area contributed by atoms with Gasteiger partial charge in [0, 0.05) is 22.7 Å². The van der Waals surface area contributed by atoms with E-state index in [4.69, 9.17) is 0 Å². The van der Waals surface area contributed by atoms with Gasteiger partial charge in [-0.1, -0.05) is 48.5 Å². The second kappa shape index (κ2) is 4.35. The van der Waals surface area contributed by atoms with Crippen LogP contribution in [0.5, 0.6) is 0 Å². The van der Waals surface area contributed by atoms with Crippen LogP contribution in [0.25, 0.3) is 10.9 Å². The van der Waals surface area contributed by atoms with Crippen molar-refractivity contribution in [2.75, 3.05) is 0 Å². The molecule has 0 N–H and O–H groups in total. The Morgan fingerprint density at radius 1 is 0.762 bits per heavy atom. The molecule has 100 valence electrons. The Hall–Kier alpha value is -2.81. The van der Waals surface area contributed by atoms with Crippen LogP contribution in [0.1, 0.15) is 32.2 Å². The Labute approximate surface area is 121 Å². The van der Waals surface area contributed by atoms with Crippen molar-refractivity contribution in [2.45, 2.75) is 5.92 Å². The van der Waals surface area contributed by atoms with Crippen molar-refractivity contribution >= 4 is 22.5 Å². The predicted octanol–water partition coefficient (Wildman–Crippen LogP) is 3.40. The number of carbonyl (C=O) groups is 2. The molecule has 0 bridgehead atoms. The van der Waals surface area contributed by atoms with Gasteiger partial charge in [-0.3, -0.25) is 14.6 Å². The van der Waals surface area contributed by atoms with E-state index >= 15 is 0 Å². The van der Waals surface area contributed by atoms with Crippen LogP contribution < -0.4 is 0 Å². The van der Waals surface area contributed by atoms with Crippen molar-refractivity contribution in [1.82, 2.24) is 4.98 Å². The lowest BCUT2D eigenvalue weighted by atomic mass is 9.92. The molecule has 0 spiro atoms. The second-order valence-electron chi connectivity index (χ2n) is 5.13. The molecule has 0 radical (unpaired) electrons. The minimum atomic E-state index is -0.763. The number of benzene rings is 2. The van der Waals surface area contributed by atoms with Crippen molar-refractivity contribution in [3.8, 4) is 0 Å². The fourth-order valence-electron chi connectivity index (χ4n) is 2.99. The average Bonchev–Trinajstić information content (AvgIpc) is 2.79. The molecule has 0 fully saturated rings. The first kappa shape index (κ1) is 12.0. The van der Waals surface area contributed by atoms with Gasteiger partial charge in [-0.2, -0.15) is 0 Å². The van der Waals surface area contributed by atoms with Gasteiger partial charge < -0.3 is 0 Å². The zero-order valence-electron chi connectivity index (χ0n) is 11.1. The summed E-state index contributed by atoms with van der Waals surface area (Å²) in [5.74, 6) is -1.02. The maximum Gasteiger partial charge on any atom is 0.178 e. The van der Waals surface area contributed by atoms with Crippen LogP contribution >= 0.6 is 0 Å². The van der Waals surface area contributed by atoms with Crippen LogP contribution in [0.4, 0.5) is 0 Å². The minimum absolute atomic E-state index is 0.131. The predicted molar refractivity (Wildman–Crippen MR) is 79.6 cm³/mol. The molecule has 1 aliphatic rings. The SMILES string of the molecule is O=C1c2ccccc2C(=O)C1c1cccc2cccnc12. The number of rotatable bonds is 1. The van der Waals surface area contributed by atoms with E-state index in [-0.39, 0.29) is 11.6 Å². The van der Waals surface area contributed by atoms with E-state index in [0.29, 0.717) is 16.7 Å². The van der Waals surface area contributed by atoms with E-state index in [1.165, 1.54) is 0 Å². The number of para-hydroxylation sites is 1. The number of hydrogen-bond donors (Lipinski definition) is 0. The van der Waals surface area contributed by atoms with E-state index in [1.807, 2.05) is 30.3 Å². The van der Waals surface area contributed by atoms with Gasteiger partial charge in [0.05, 0.1) is 5.52 Å². The molecule has 1 aromatic heterocycles. The van der Waals surface area contributed by atoms with Crippen LogP contribution in [-0.2, 0) is 0 Å². The second-order valence-corrected chi connectivity index (χ2v) is 5.13. The van der Waals surface area contributed by atoms with Gasteiger partial charge in [0.1, 0.15) is 5.92 Å². The molecule has 3 heteroatoms. The Kier molecular flexibility index (Phi) is 2.48. The average molecular weight is 273 g/mol. The van der Waals surface area contributed by atoms with Crippen LogP contribution in [0.15, 0.2) is 60.8 Å². The highest BCUT2D eigenvalue weighted by Crippen LogP contribution is 2.36. The summed E-state index contributed by atoms with van der Waals surface area (Å²) in [6.07, 6.45) is 1.68. The van der Waals surface area contributed by atoms with Crippen LogP contribution in [0.2, 0.25) is 0 Å². The number of fused-ring (bicyclic) bond motifs is 2. The summed E-state index contributed by atoms with van der Waals surface area (Å²) < 4.78 is 0. The first-order chi connectivity index (χ1) is 10.3. The molecular formula is C18H11NO2. The first-order valence-corrected chi connectivity index (χ1v) is 6.78. The maximum atomic E-state index is 12.6. The highest BCUT2D eigenvalue weighted by atomic mass is 16.2. The molecule has 3 aromatic rings. The molecule has 0 saturated carbocycles. The molecule has 1 aliphatic carbocycles. The molecule has 2 aromatic carbocycles. The maximum absolute atomic E-state index is 12.6. The monoisotopic (exact) mass is 273 g/mol. The molecule has 3 nitrogen and oxygen atoms in total. The Balaban J connectivity index is 1.95. The summed E-state index contributed by atoms with van der Waals surface area (Å²) in [6, 6.07) is 16.4. The van der Waals surface area contributed by atoms with E-state index in [0.717, 1.165) is 10.9 Å². The molecule has 4 rings (SSSR count). The van der Waals surface area contributed by atoms with Crippen molar-refractivity contribution in [1.29, 1.82) is 0 Å². The van der Waals surface area contributed by atoms with Crippen LogP contribution in [0, 0.1) is 0 Å². The van der Waals surface area contributed by atoms with Gasteiger partial charge in [0.25, 0.3) is 0 Å². The third-order valence-corrected chi connectivity index (χ3v) is 3.96. The van der Waals surface area contributed by atoms with Gasteiger partial charge in [-0.05, 0) is 11.6 Å². The summed E-state index contributed by atoms with van der Waals surface area (Å²) in [5, 5.41) is 0.937. The molecule has 0 unspecified atom stereocenters. The number of carbonyl (C=O) groups excluding carboxylic acids is 2. The van der Waals surface area contributed by atoms with Crippen molar-refractivity contribution in [3.63, 3.8) is 0 Å². The van der Waals surface area contributed by atoms with Crippen molar-refractivity contribution in [3.05, 3.63) is 77.5 Å². The number of nitrogens with zero attached hydrogens (tertiary/aromatic N) is 1. The van der Waals surface area contributed by atoms with Gasteiger partial charge in [0.15, 0.2) is 11.6 Å². The fourth-order valence-corrected chi connectivity index (χ4v) is 2.99. The number of hydrogen-bond acceptors (Lipinski definition) is 3. The zero-order chi connectivity index (χ0) is 14.4. The summed E-state index contributed by atoms with van der Waals surface area (Å²) in [4.78, 5) is 29.6. The largest absolute Gasteiger partial charge is 0.293 e. The molecular weight excluding hydrogens is 262 g/mol. The quantitative estimate of drug-likeness (QED) is 0.638. The van der Waals surface area contributed by atoms with E-state index < -0.39 is 5.92 Å². The van der Waals surface area contributed by atoms with Gasteiger partial charge in [-0.15, -0.1) is 0 Å². The van der Waals surface area contributed by atoms with Crippen LogP contribution in [0.3, 0.4) is 0 Å². The number of Topliss-reactive ketones (excluding diaryl/α,β-unsaturated/α-hetero) is 2. The standard InChI is InChI=1S/C18H11NO2/c20-17-12-7-1-2-8-13(12)18(21)15(17)14-9-3-5-11-6-4-10-19-16(11)14/h1-10,15H. The highest BCUT2D eigenvalue weighted by Gasteiger charge is 2.40.